The summed E-state index contributed by atoms with van der Waals surface area (Å²) >= 11 is 3.62. The molecule has 1 aromatic rings. The molecular weight excluding hydrogens is 304 g/mol. The van der Waals surface area contributed by atoms with Crippen molar-refractivity contribution in [2.45, 2.75) is 51.4 Å². The molecule has 106 valence electrons. The molecule has 3 heteroatoms. The number of hydrogen-bond donors (Lipinski definition) is 0. The Bertz CT molecular complexity index is 504. The summed E-state index contributed by atoms with van der Waals surface area (Å²) in [6.07, 6.45) is 2.35. The highest BCUT2D eigenvalue weighted by molar-refractivity contribution is 9.10. The second-order valence-electron chi connectivity index (χ2n) is 6.62. The zero-order valence-corrected chi connectivity index (χ0v) is 14.3. The van der Waals surface area contributed by atoms with Crippen LogP contribution in [0.1, 0.15) is 51.7 Å². The van der Waals surface area contributed by atoms with Crippen molar-refractivity contribution in [3.8, 4) is 11.5 Å². The highest BCUT2D eigenvalue weighted by Crippen LogP contribution is 2.53. The fourth-order valence-corrected chi connectivity index (χ4v) is 3.68. The van der Waals surface area contributed by atoms with Crippen molar-refractivity contribution in [1.82, 2.24) is 0 Å². The van der Waals surface area contributed by atoms with Crippen molar-refractivity contribution in [3.63, 3.8) is 0 Å². The van der Waals surface area contributed by atoms with Gasteiger partial charge in [-0.05, 0) is 51.2 Å². The predicted octanol–water partition coefficient (Wildman–Crippen LogP) is 4.82. The Morgan fingerprint density at radius 3 is 2.11 bits per heavy atom. The largest absolute Gasteiger partial charge is 0.495 e. The molecule has 0 aromatic heterocycles. The van der Waals surface area contributed by atoms with Crippen LogP contribution in [0.2, 0.25) is 0 Å². The summed E-state index contributed by atoms with van der Waals surface area (Å²) in [4.78, 5) is 0. The summed E-state index contributed by atoms with van der Waals surface area (Å²) in [6.45, 7) is 9.19. The molecular formula is C16H23BrO2. The molecule has 0 radical (unpaired) electrons. The lowest BCUT2D eigenvalue weighted by molar-refractivity contribution is 0.306. The third-order valence-corrected chi connectivity index (χ3v) is 5.14. The summed E-state index contributed by atoms with van der Waals surface area (Å²) in [6, 6.07) is 2.17. The first-order valence-corrected chi connectivity index (χ1v) is 7.49. The van der Waals surface area contributed by atoms with Crippen LogP contribution in [0, 0.1) is 0 Å². The molecule has 1 aromatic carbocycles. The Morgan fingerprint density at radius 1 is 1.00 bits per heavy atom. The van der Waals surface area contributed by atoms with E-state index >= 15 is 0 Å². The molecule has 0 amide bonds. The topological polar surface area (TPSA) is 18.5 Å². The van der Waals surface area contributed by atoms with E-state index in [1.807, 2.05) is 0 Å². The average molecular weight is 327 g/mol. The van der Waals surface area contributed by atoms with Crippen LogP contribution in [-0.4, -0.2) is 14.2 Å². The van der Waals surface area contributed by atoms with Crippen LogP contribution < -0.4 is 9.47 Å². The van der Waals surface area contributed by atoms with Gasteiger partial charge in [-0.3, -0.25) is 0 Å². The van der Waals surface area contributed by atoms with Gasteiger partial charge in [0.15, 0.2) is 0 Å². The van der Waals surface area contributed by atoms with Gasteiger partial charge in [0.25, 0.3) is 0 Å². The molecule has 0 bridgehead atoms. The number of rotatable bonds is 2. The third-order valence-electron chi connectivity index (χ3n) is 4.39. The highest BCUT2D eigenvalue weighted by Gasteiger charge is 2.40. The van der Waals surface area contributed by atoms with Crippen LogP contribution in [0.15, 0.2) is 10.5 Å². The molecule has 0 heterocycles. The number of ether oxygens (including phenoxy) is 2. The van der Waals surface area contributed by atoms with E-state index in [0.717, 1.165) is 16.0 Å². The molecule has 2 nitrogen and oxygen atoms in total. The summed E-state index contributed by atoms with van der Waals surface area (Å²) < 4.78 is 12.1. The standard InChI is InChI=1S/C16H23BrO2/c1-15(2)7-8-16(3,4)12-10(15)9-11(18-5)13(17)14(12)19-6/h9H,7-8H2,1-6H3. The molecule has 1 aliphatic rings. The van der Waals surface area contributed by atoms with Crippen LogP contribution in [0.4, 0.5) is 0 Å². The lowest BCUT2D eigenvalue weighted by Crippen LogP contribution is -2.34. The molecule has 0 saturated carbocycles. The Balaban J connectivity index is 2.83. The first-order chi connectivity index (χ1) is 8.74. The molecule has 0 N–H and O–H groups in total. The summed E-state index contributed by atoms with van der Waals surface area (Å²) in [5, 5.41) is 0. The maximum Gasteiger partial charge on any atom is 0.140 e. The van der Waals surface area contributed by atoms with E-state index < -0.39 is 0 Å². The van der Waals surface area contributed by atoms with Gasteiger partial charge in [-0.15, -0.1) is 0 Å². The van der Waals surface area contributed by atoms with E-state index in [-0.39, 0.29) is 10.8 Å². The number of fused-ring (bicyclic) bond motifs is 1. The smallest absolute Gasteiger partial charge is 0.140 e. The normalized spacial score (nSPS) is 19.7. The van der Waals surface area contributed by atoms with Crippen molar-refractivity contribution in [2.75, 3.05) is 14.2 Å². The minimum atomic E-state index is 0.130. The molecule has 1 aliphatic carbocycles. The number of methoxy groups -OCH3 is 2. The minimum absolute atomic E-state index is 0.130. The summed E-state index contributed by atoms with van der Waals surface area (Å²) in [7, 11) is 3.43. The second kappa shape index (κ2) is 4.69. The van der Waals surface area contributed by atoms with Gasteiger partial charge < -0.3 is 9.47 Å². The van der Waals surface area contributed by atoms with Gasteiger partial charge in [0, 0.05) is 5.56 Å². The van der Waals surface area contributed by atoms with Gasteiger partial charge >= 0.3 is 0 Å². The van der Waals surface area contributed by atoms with Crippen LogP contribution >= 0.6 is 15.9 Å². The van der Waals surface area contributed by atoms with Gasteiger partial charge in [-0.2, -0.15) is 0 Å². The monoisotopic (exact) mass is 326 g/mol. The molecule has 0 fully saturated rings. The van der Waals surface area contributed by atoms with Crippen LogP contribution in [0.5, 0.6) is 11.5 Å². The summed E-state index contributed by atoms with van der Waals surface area (Å²) in [5.74, 6) is 1.77. The van der Waals surface area contributed by atoms with Gasteiger partial charge in [0.05, 0.1) is 14.2 Å². The van der Waals surface area contributed by atoms with Gasteiger partial charge in [0.1, 0.15) is 16.0 Å². The fraction of sp³-hybridized carbons (Fsp3) is 0.625. The van der Waals surface area contributed by atoms with Crippen molar-refractivity contribution in [1.29, 1.82) is 0 Å². The number of halogens is 1. The predicted molar refractivity (Wildman–Crippen MR) is 82.5 cm³/mol. The SMILES string of the molecule is COc1cc2c(c(OC)c1Br)C(C)(C)CCC2(C)C. The van der Waals surface area contributed by atoms with E-state index in [9.17, 15) is 0 Å². The Labute approximate surface area is 124 Å². The van der Waals surface area contributed by atoms with E-state index in [4.69, 9.17) is 9.47 Å². The maximum absolute atomic E-state index is 5.69. The molecule has 0 atom stereocenters. The molecule has 0 saturated heterocycles. The van der Waals surface area contributed by atoms with E-state index in [2.05, 4.69) is 49.7 Å². The number of hydrogen-bond acceptors (Lipinski definition) is 2. The van der Waals surface area contributed by atoms with Crippen LogP contribution in [0.3, 0.4) is 0 Å². The molecule has 2 rings (SSSR count). The first kappa shape index (κ1) is 14.7. The van der Waals surface area contributed by atoms with E-state index in [1.54, 1.807) is 14.2 Å². The van der Waals surface area contributed by atoms with Crippen molar-refractivity contribution in [2.24, 2.45) is 0 Å². The Kier molecular flexibility index (Phi) is 3.63. The second-order valence-corrected chi connectivity index (χ2v) is 7.41. The van der Waals surface area contributed by atoms with Crippen LogP contribution in [0.25, 0.3) is 0 Å². The molecule has 0 spiro atoms. The van der Waals surface area contributed by atoms with Crippen molar-refractivity contribution < 1.29 is 9.47 Å². The summed E-state index contributed by atoms with van der Waals surface area (Å²) in [5.41, 5.74) is 2.96. The minimum Gasteiger partial charge on any atom is -0.495 e. The average Bonchev–Trinajstić information content (AvgIpc) is 2.34. The zero-order chi connectivity index (χ0) is 14.4. The highest BCUT2D eigenvalue weighted by atomic mass is 79.9. The van der Waals surface area contributed by atoms with E-state index in [0.29, 0.717) is 0 Å². The van der Waals surface area contributed by atoms with Crippen LogP contribution in [-0.2, 0) is 10.8 Å². The van der Waals surface area contributed by atoms with Crippen molar-refractivity contribution >= 4 is 15.9 Å². The lowest BCUT2D eigenvalue weighted by atomic mass is 9.63. The molecule has 19 heavy (non-hydrogen) atoms. The quantitative estimate of drug-likeness (QED) is 0.776. The molecule has 0 aliphatic heterocycles. The number of benzene rings is 1. The fourth-order valence-electron chi connectivity index (χ4n) is 3.04. The molecule has 0 unspecified atom stereocenters. The third kappa shape index (κ3) is 2.26. The Morgan fingerprint density at radius 2 is 1.58 bits per heavy atom. The Hall–Kier alpha value is -0.700. The first-order valence-electron chi connectivity index (χ1n) is 6.70. The van der Waals surface area contributed by atoms with Gasteiger partial charge in [0.2, 0.25) is 0 Å². The van der Waals surface area contributed by atoms with Crippen molar-refractivity contribution in [3.05, 3.63) is 21.7 Å². The van der Waals surface area contributed by atoms with Gasteiger partial charge in [-0.25, -0.2) is 0 Å². The zero-order valence-electron chi connectivity index (χ0n) is 12.7. The lowest BCUT2D eigenvalue weighted by Gasteiger charge is -2.43. The van der Waals surface area contributed by atoms with E-state index in [1.165, 1.54) is 24.0 Å². The van der Waals surface area contributed by atoms with Gasteiger partial charge in [-0.1, -0.05) is 27.7 Å². The maximum atomic E-state index is 5.69.